The van der Waals surface area contributed by atoms with E-state index in [9.17, 15) is 4.79 Å². The zero-order valence-corrected chi connectivity index (χ0v) is 17.0. The number of piperidine rings is 1. The maximum Gasteiger partial charge on any atom is 0.317 e. The van der Waals surface area contributed by atoms with Crippen LogP contribution in [0, 0.1) is 0 Å². The van der Waals surface area contributed by atoms with E-state index in [1.54, 1.807) is 0 Å². The molecule has 0 spiro atoms. The molecule has 1 N–H and O–H groups in total. The molecule has 152 valence electrons. The average Bonchev–Trinajstić information content (AvgIpc) is 3.14. The number of benzene rings is 1. The summed E-state index contributed by atoms with van der Waals surface area (Å²) in [7, 11) is 0. The second-order valence-electron chi connectivity index (χ2n) is 8.30. The summed E-state index contributed by atoms with van der Waals surface area (Å²) in [4.78, 5) is 18.8. The summed E-state index contributed by atoms with van der Waals surface area (Å²) in [6.07, 6.45) is 2.49. The molecule has 0 radical (unpaired) electrons. The van der Waals surface area contributed by atoms with Gasteiger partial charge in [-0.05, 0) is 39.2 Å². The van der Waals surface area contributed by atoms with Gasteiger partial charge in [0.25, 0.3) is 0 Å². The molecule has 1 saturated heterocycles. The number of amides is 2. The molecule has 28 heavy (non-hydrogen) atoms. The topological polar surface area (TPSA) is 80.5 Å². The number of hydrogen-bond acceptors (Lipinski definition) is 5. The van der Waals surface area contributed by atoms with Gasteiger partial charge >= 0.3 is 6.03 Å². The molecule has 2 heterocycles. The number of nitrogens with one attached hydrogen (secondary N) is 1. The number of aromatic nitrogens is 2. The number of ether oxygens (including phenoxy) is 1. The average molecular weight is 386 g/mol. The highest BCUT2D eigenvalue weighted by Gasteiger charge is 2.29. The van der Waals surface area contributed by atoms with E-state index in [-0.39, 0.29) is 17.5 Å². The van der Waals surface area contributed by atoms with Crippen molar-refractivity contribution in [1.82, 2.24) is 20.4 Å². The van der Waals surface area contributed by atoms with Gasteiger partial charge in [0, 0.05) is 25.0 Å². The van der Waals surface area contributed by atoms with Gasteiger partial charge in [0.1, 0.15) is 0 Å². The highest BCUT2D eigenvalue weighted by molar-refractivity contribution is 5.75. The van der Waals surface area contributed by atoms with Crippen molar-refractivity contribution in [1.29, 1.82) is 0 Å². The van der Waals surface area contributed by atoms with Crippen molar-refractivity contribution in [3.8, 4) is 0 Å². The Balaban J connectivity index is 1.47. The maximum atomic E-state index is 12.4. The monoisotopic (exact) mass is 386 g/mol. The number of carbonyl (C=O) groups is 1. The second kappa shape index (κ2) is 9.19. The Kier molecular flexibility index (Phi) is 6.67. The van der Waals surface area contributed by atoms with Crippen LogP contribution in [0.3, 0.4) is 0 Å². The van der Waals surface area contributed by atoms with Crippen molar-refractivity contribution in [2.24, 2.45) is 0 Å². The van der Waals surface area contributed by atoms with Crippen molar-refractivity contribution in [3.05, 3.63) is 47.6 Å². The van der Waals surface area contributed by atoms with Gasteiger partial charge in [-0.15, -0.1) is 0 Å². The van der Waals surface area contributed by atoms with Crippen molar-refractivity contribution < 1.29 is 14.1 Å². The number of rotatable bonds is 6. The van der Waals surface area contributed by atoms with E-state index in [0.717, 1.165) is 24.9 Å². The first-order valence-electron chi connectivity index (χ1n) is 9.92. The molecule has 2 amide bonds. The smallest absolute Gasteiger partial charge is 0.317 e. The van der Waals surface area contributed by atoms with Gasteiger partial charge in [-0.1, -0.05) is 35.5 Å². The Labute approximate surface area is 166 Å². The van der Waals surface area contributed by atoms with Gasteiger partial charge in [-0.25, -0.2) is 4.79 Å². The maximum absolute atomic E-state index is 12.4. The lowest BCUT2D eigenvalue weighted by molar-refractivity contribution is 0.122. The minimum absolute atomic E-state index is 0.0359. The summed E-state index contributed by atoms with van der Waals surface area (Å²) in [6, 6.07) is 10.0. The van der Waals surface area contributed by atoms with Crippen LogP contribution >= 0.6 is 0 Å². The van der Waals surface area contributed by atoms with E-state index < -0.39 is 0 Å². The van der Waals surface area contributed by atoms with E-state index in [1.165, 1.54) is 0 Å². The second-order valence-corrected chi connectivity index (χ2v) is 8.30. The van der Waals surface area contributed by atoms with Crippen LogP contribution in [-0.4, -0.2) is 46.3 Å². The quantitative estimate of drug-likeness (QED) is 0.769. The highest BCUT2D eigenvalue weighted by Crippen LogP contribution is 2.26. The molecule has 1 unspecified atom stereocenters. The standard InChI is InChI=1S/C21H30N4O3/c1-21(2,3)23-20(26)25-12-7-10-17(14-25)19-22-18(24-28-19)11-13-27-15-16-8-5-4-6-9-16/h4-6,8-9,17H,7,10-15H2,1-3H3,(H,23,26). The molecule has 1 aromatic carbocycles. The molecule has 7 heteroatoms. The first kappa shape index (κ1) is 20.3. The van der Waals surface area contributed by atoms with Gasteiger partial charge in [0.15, 0.2) is 5.82 Å². The predicted octanol–water partition coefficient (Wildman–Crippen LogP) is 3.52. The van der Waals surface area contributed by atoms with Gasteiger partial charge in [-0.3, -0.25) is 0 Å². The molecular weight excluding hydrogens is 356 g/mol. The Bertz CT molecular complexity index is 755. The highest BCUT2D eigenvalue weighted by atomic mass is 16.5. The minimum atomic E-state index is -0.249. The molecule has 7 nitrogen and oxygen atoms in total. The first-order chi connectivity index (χ1) is 13.4. The lowest BCUT2D eigenvalue weighted by atomic mass is 9.98. The molecule has 1 aliphatic heterocycles. The van der Waals surface area contributed by atoms with E-state index in [0.29, 0.717) is 37.9 Å². The summed E-state index contributed by atoms with van der Waals surface area (Å²) >= 11 is 0. The van der Waals surface area contributed by atoms with Crippen LogP contribution in [0.1, 0.15) is 56.8 Å². The van der Waals surface area contributed by atoms with Crippen LogP contribution in [0.4, 0.5) is 4.79 Å². The van der Waals surface area contributed by atoms with Crippen LogP contribution < -0.4 is 5.32 Å². The third-order valence-electron chi connectivity index (χ3n) is 4.61. The third kappa shape index (κ3) is 6.05. The number of hydrogen-bond donors (Lipinski definition) is 1. The van der Waals surface area contributed by atoms with Crippen molar-refractivity contribution in [3.63, 3.8) is 0 Å². The zero-order chi connectivity index (χ0) is 20.0. The van der Waals surface area contributed by atoms with Crippen LogP contribution in [0.5, 0.6) is 0 Å². The summed E-state index contributed by atoms with van der Waals surface area (Å²) in [5, 5.41) is 7.10. The SMILES string of the molecule is CC(C)(C)NC(=O)N1CCCC(c2nc(CCOCc3ccccc3)no2)C1. The lowest BCUT2D eigenvalue weighted by Gasteiger charge is -2.33. The fraction of sp³-hybridized carbons (Fsp3) is 0.571. The Morgan fingerprint density at radius 2 is 2.11 bits per heavy atom. The molecule has 2 aromatic rings. The van der Waals surface area contributed by atoms with Crippen LogP contribution in [-0.2, 0) is 17.8 Å². The lowest BCUT2D eigenvalue weighted by Crippen LogP contribution is -2.51. The summed E-state index contributed by atoms with van der Waals surface area (Å²) < 4.78 is 11.2. The predicted molar refractivity (Wildman–Crippen MR) is 106 cm³/mol. The Hall–Kier alpha value is -2.41. The summed E-state index contributed by atoms with van der Waals surface area (Å²) in [5.41, 5.74) is 0.897. The molecule has 0 aliphatic carbocycles. The zero-order valence-electron chi connectivity index (χ0n) is 17.0. The summed E-state index contributed by atoms with van der Waals surface area (Å²) in [5.74, 6) is 1.36. The third-order valence-corrected chi connectivity index (χ3v) is 4.61. The van der Waals surface area contributed by atoms with Gasteiger partial charge in [0.05, 0.1) is 19.1 Å². The molecule has 0 bridgehead atoms. The number of nitrogens with zero attached hydrogens (tertiary/aromatic N) is 3. The van der Waals surface area contributed by atoms with Gasteiger partial charge in [0.2, 0.25) is 5.89 Å². The molecular formula is C21H30N4O3. The summed E-state index contributed by atoms with van der Waals surface area (Å²) in [6.45, 7) is 8.43. The Morgan fingerprint density at radius 1 is 1.32 bits per heavy atom. The van der Waals surface area contributed by atoms with E-state index in [1.807, 2.05) is 56.0 Å². The van der Waals surface area contributed by atoms with Gasteiger partial charge < -0.3 is 19.5 Å². The number of likely N-dealkylation sites (tertiary alicyclic amines) is 1. The molecule has 1 aromatic heterocycles. The van der Waals surface area contributed by atoms with Crippen LogP contribution in [0.25, 0.3) is 0 Å². The van der Waals surface area contributed by atoms with Crippen molar-refractivity contribution in [2.75, 3.05) is 19.7 Å². The largest absolute Gasteiger partial charge is 0.376 e. The molecule has 3 rings (SSSR count). The Morgan fingerprint density at radius 3 is 2.86 bits per heavy atom. The van der Waals surface area contributed by atoms with Gasteiger partial charge in [-0.2, -0.15) is 4.98 Å². The normalized spacial score (nSPS) is 17.5. The molecule has 1 aliphatic rings. The van der Waals surface area contributed by atoms with Crippen molar-refractivity contribution >= 4 is 6.03 Å². The minimum Gasteiger partial charge on any atom is -0.376 e. The molecule has 1 fully saturated rings. The molecule has 1 atom stereocenters. The fourth-order valence-corrected chi connectivity index (χ4v) is 3.23. The number of carbonyl (C=O) groups excluding carboxylic acids is 1. The van der Waals surface area contributed by atoms with E-state index in [2.05, 4.69) is 15.5 Å². The van der Waals surface area contributed by atoms with E-state index >= 15 is 0 Å². The van der Waals surface area contributed by atoms with E-state index in [4.69, 9.17) is 9.26 Å². The number of urea groups is 1. The first-order valence-corrected chi connectivity index (χ1v) is 9.92. The molecule has 0 saturated carbocycles. The fourth-order valence-electron chi connectivity index (χ4n) is 3.23. The van der Waals surface area contributed by atoms with Crippen LogP contribution in [0.15, 0.2) is 34.9 Å². The van der Waals surface area contributed by atoms with Crippen LogP contribution in [0.2, 0.25) is 0 Å². The van der Waals surface area contributed by atoms with Crippen molar-refractivity contribution in [2.45, 2.75) is 58.1 Å².